The van der Waals surface area contributed by atoms with E-state index < -0.39 is 24.4 Å². The van der Waals surface area contributed by atoms with Gasteiger partial charge in [0, 0.05) is 30.2 Å². The highest BCUT2D eigenvalue weighted by atomic mass is 35.5. The van der Waals surface area contributed by atoms with Gasteiger partial charge in [0.25, 0.3) is 5.91 Å². The number of carbonyl (C=O) groups is 3. The third-order valence-corrected chi connectivity index (χ3v) is 4.02. The van der Waals surface area contributed by atoms with Crippen molar-refractivity contribution in [2.75, 3.05) is 37.0 Å². The first-order valence-corrected chi connectivity index (χ1v) is 8.70. The molecule has 1 aromatic carbocycles. The van der Waals surface area contributed by atoms with Crippen LogP contribution in [0.3, 0.4) is 0 Å². The van der Waals surface area contributed by atoms with E-state index >= 15 is 0 Å². The van der Waals surface area contributed by atoms with E-state index in [0.717, 1.165) is 5.56 Å². The molecule has 0 bridgehead atoms. The molecule has 9 nitrogen and oxygen atoms in total. The fraction of sp³-hybridized carbons (Fsp3) is 0.278. The van der Waals surface area contributed by atoms with Crippen LogP contribution in [0.5, 0.6) is 0 Å². The molecule has 28 heavy (non-hydrogen) atoms. The van der Waals surface area contributed by atoms with Crippen molar-refractivity contribution in [3.05, 3.63) is 47.2 Å². The van der Waals surface area contributed by atoms with Gasteiger partial charge < -0.3 is 20.3 Å². The van der Waals surface area contributed by atoms with E-state index in [2.05, 4.69) is 20.6 Å². The number of esters is 1. The number of halogens is 1. The molecular weight excluding hydrogens is 386 g/mol. The van der Waals surface area contributed by atoms with Crippen LogP contribution in [0.2, 0.25) is 5.02 Å². The summed E-state index contributed by atoms with van der Waals surface area (Å²) < 4.78 is 4.88. The number of benzene rings is 1. The summed E-state index contributed by atoms with van der Waals surface area (Å²) in [6.45, 7) is 0.894. The first-order chi connectivity index (χ1) is 13.4. The molecule has 1 aromatic heterocycles. The molecule has 0 saturated heterocycles. The Labute approximate surface area is 167 Å². The number of aromatic nitrogens is 2. The van der Waals surface area contributed by atoms with Gasteiger partial charge in [-0.25, -0.2) is 9.97 Å². The number of hydrogen-bond donors (Lipinski definition) is 2. The molecule has 2 rings (SSSR count). The summed E-state index contributed by atoms with van der Waals surface area (Å²) in [7, 11) is 1.62. The van der Waals surface area contributed by atoms with Crippen LogP contribution in [0.25, 0.3) is 0 Å². The molecule has 2 amide bonds. The Morgan fingerprint density at radius 1 is 1.14 bits per heavy atom. The molecule has 0 spiro atoms. The summed E-state index contributed by atoms with van der Waals surface area (Å²) in [4.78, 5) is 44.9. The normalized spacial score (nSPS) is 10.1. The van der Waals surface area contributed by atoms with E-state index in [-0.39, 0.29) is 13.1 Å². The van der Waals surface area contributed by atoms with Crippen molar-refractivity contribution < 1.29 is 19.1 Å². The van der Waals surface area contributed by atoms with Gasteiger partial charge in [-0.2, -0.15) is 0 Å². The number of hydrogen-bond acceptors (Lipinski definition) is 7. The lowest BCUT2D eigenvalue weighted by Gasteiger charge is -2.15. The number of carbonyl (C=O) groups excluding carboxylic acids is 3. The van der Waals surface area contributed by atoms with E-state index in [4.69, 9.17) is 16.3 Å². The average Bonchev–Trinajstić information content (AvgIpc) is 2.69. The molecular formula is C18H20ClN5O4. The summed E-state index contributed by atoms with van der Waals surface area (Å²) >= 11 is 5.99. The average molecular weight is 406 g/mol. The zero-order chi connectivity index (χ0) is 20.5. The quantitative estimate of drug-likeness (QED) is 0.634. The second-order valence-electron chi connectivity index (χ2n) is 5.80. The zero-order valence-electron chi connectivity index (χ0n) is 15.4. The molecule has 0 saturated carbocycles. The summed E-state index contributed by atoms with van der Waals surface area (Å²) in [5, 5.41) is 5.55. The summed E-state index contributed by atoms with van der Waals surface area (Å²) in [5.41, 5.74) is 1.29. The number of ether oxygens (including phenoxy) is 1. The van der Waals surface area contributed by atoms with Gasteiger partial charge in [0.15, 0.2) is 6.61 Å². The van der Waals surface area contributed by atoms with Crippen molar-refractivity contribution in [2.45, 2.75) is 6.92 Å². The van der Waals surface area contributed by atoms with Gasteiger partial charge in [-0.3, -0.25) is 14.4 Å². The van der Waals surface area contributed by atoms with Crippen LogP contribution in [-0.4, -0.2) is 54.5 Å². The fourth-order valence-electron chi connectivity index (χ4n) is 2.11. The fourth-order valence-corrected chi connectivity index (χ4v) is 2.29. The van der Waals surface area contributed by atoms with Crippen molar-refractivity contribution in [2.24, 2.45) is 0 Å². The molecule has 2 aromatic rings. The van der Waals surface area contributed by atoms with Gasteiger partial charge in [0.1, 0.15) is 6.54 Å². The largest absolute Gasteiger partial charge is 0.454 e. The maximum Gasteiger partial charge on any atom is 0.326 e. The van der Waals surface area contributed by atoms with Gasteiger partial charge in [0.2, 0.25) is 11.9 Å². The van der Waals surface area contributed by atoms with E-state index in [0.29, 0.717) is 16.7 Å². The Morgan fingerprint density at radius 3 is 2.57 bits per heavy atom. The van der Waals surface area contributed by atoms with Crippen molar-refractivity contribution in [3.63, 3.8) is 0 Å². The molecule has 2 N–H and O–H groups in total. The van der Waals surface area contributed by atoms with Crippen LogP contribution in [0.15, 0.2) is 36.7 Å². The standard InChI is InChI=1S/C18H20ClN5O4/c1-12-13(19)5-3-6-14(12)23-15(25)9-22-16(26)11-28-17(27)10-24(2)18-20-7-4-8-21-18/h3-8H,9-11H2,1-2H3,(H,22,26)(H,23,25). The Hall–Kier alpha value is -3.20. The highest BCUT2D eigenvalue weighted by Gasteiger charge is 2.13. The van der Waals surface area contributed by atoms with E-state index in [1.807, 2.05) is 0 Å². The number of nitrogens with zero attached hydrogens (tertiary/aromatic N) is 3. The Bertz CT molecular complexity index is 847. The van der Waals surface area contributed by atoms with Crippen molar-refractivity contribution in [1.29, 1.82) is 0 Å². The molecule has 0 aliphatic rings. The molecule has 0 radical (unpaired) electrons. The molecule has 148 valence electrons. The third kappa shape index (κ3) is 6.51. The molecule has 10 heteroatoms. The molecule has 0 aliphatic carbocycles. The minimum absolute atomic E-state index is 0.119. The summed E-state index contributed by atoms with van der Waals surface area (Å²) in [5.74, 6) is -1.28. The van der Waals surface area contributed by atoms with E-state index in [9.17, 15) is 14.4 Å². The summed E-state index contributed by atoms with van der Waals surface area (Å²) in [6, 6.07) is 6.78. The number of likely N-dealkylation sites (N-methyl/N-ethyl adjacent to an activating group) is 1. The van der Waals surface area contributed by atoms with Gasteiger partial charge in [-0.1, -0.05) is 17.7 Å². The second-order valence-corrected chi connectivity index (χ2v) is 6.21. The topological polar surface area (TPSA) is 114 Å². The van der Waals surface area contributed by atoms with Crippen LogP contribution < -0.4 is 15.5 Å². The lowest BCUT2D eigenvalue weighted by Crippen LogP contribution is -2.37. The predicted octanol–water partition coefficient (Wildman–Crippen LogP) is 1.17. The van der Waals surface area contributed by atoms with Gasteiger partial charge in [-0.05, 0) is 30.7 Å². The Balaban J connectivity index is 1.70. The van der Waals surface area contributed by atoms with Crippen LogP contribution in [-0.2, 0) is 19.1 Å². The molecule has 1 heterocycles. The molecule has 0 unspecified atom stereocenters. The first-order valence-electron chi connectivity index (χ1n) is 8.32. The smallest absolute Gasteiger partial charge is 0.326 e. The van der Waals surface area contributed by atoms with E-state index in [1.165, 1.54) is 4.90 Å². The minimum Gasteiger partial charge on any atom is -0.454 e. The number of amides is 2. The second kappa shape index (κ2) is 10.2. The van der Waals surface area contributed by atoms with Crippen LogP contribution in [0.1, 0.15) is 5.56 Å². The van der Waals surface area contributed by atoms with Crippen molar-refractivity contribution in [1.82, 2.24) is 15.3 Å². The predicted molar refractivity (Wildman–Crippen MR) is 104 cm³/mol. The number of nitrogens with one attached hydrogen (secondary N) is 2. The third-order valence-electron chi connectivity index (χ3n) is 3.61. The SMILES string of the molecule is Cc1c(Cl)cccc1NC(=O)CNC(=O)COC(=O)CN(C)c1ncccn1. The highest BCUT2D eigenvalue weighted by molar-refractivity contribution is 6.31. The van der Waals surface area contributed by atoms with Crippen LogP contribution in [0, 0.1) is 6.92 Å². The maximum absolute atomic E-state index is 11.9. The first kappa shape index (κ1) is 21.1. The van der Waals surface area contributed by atoms with Crippen LogP contribution >= 0.6 is 11.6 Å². The number of rotatable bonds is 8. The Morgan fingerprint density at radius 2 is 1.86 bits per heavy atom. The number of anilines is 2. The van der Waals surface area contributed by atoms with Crippen molar-refractivity contribution >= 4 is 41.0 Å². The molecule has 0 aliphatic heterocycles. The highest BCUT2D eigenvalue weighted by Crippen LogP contribution is 2.22. The van der Waals surface area contributed by atoms with Gasteiger partial charge in [0.05, 0.1) is 6.54 Å². The van der Waals surface area contributed by atoms with Gasteiger partial charge >= 0.3 is 5.97 Å². The lowest BCUT2D eigenvalue weighted by atomic mass is 10.2. The minimum atomic E-state index is -0.621. The van der Waals surface area contributed by atoms with E-state index in [1.54, 1.807) is 50.6 Å². The lowest BCUT2D eigenvalue weighted by molar-refractivity contribution is -0.147. The maximum atomic E-state index is 11.9. The monoisotopic (exact) mass is 405 g/mol. The Kier molecular flexibility index (Phi) is 7.70. The van der Waals surface area contributed by atoms with Gasteiger partial charge in [-0.15, -0.1) is 0 Å². The zero-order valence-corrected chi connectivity index (χ0v) is 16.2. The molecule has 0 fully saturated rings. The summed E-state index contributed by atoms with van der Waals surface area (Å²) in [6.07, 6.45) is 3.10. The van der Waals surface area contributed by atoms with Crippen molar-refractivity contribution in [3.8, 4) is 0 Å². The van der Waals surface area contributed by atoms with Crippen LogP contribution in [0.4, 0.5) is 11.6 Å². The molecule has 0 atom stereocenters.